The van der Waals surface area contributed by atoms with Gasteiger partial charge in [0.1, 0.15) is 5.75 Å². The van der Waals surface area contributed by atoms with E-state index < -0.39 is 0 Å². The number of nitrogens with zero attached hydrogens (tertiary/aromatic N) is 1. The van der Waals surface area contributed by atoms with Crippen LogP contribution in [0.2, 0.25) is 0 Å². The Morgan fingerprint density at radius 1 is 1.20 bits per heavy atom. The molecule has 0 saturated carbocycles. The largest absolute Gasteiger partial charge is 0.508 e. The van der Waals surface area contributed by atoms with Crippen molar-refractivity contribution in [1.29, 1.82) is 0 Å². The maximum absolute atomic E-state index is 9.43. The van der Waals surface area contributed by atoms with Crippen molar-refractivity contribution in [3.05, 3.63) is 47.3 Å². The quantitative estimate of drug-likeness (QED) is 0.601. The highest BCUT2D eigenvalue weighted by Gasteiger charge is 2.20. The zero-order valence-corrected chi connectivity index (χ0v) is 8.49. The molecule has 1 aliphatic carbocycles. The fourth-order valence-corrected chi connectivity index (χ4v) is 2.25. The average Bonchev–Trinajstić information content (AvgIpc) is 2.57. The minimum Gasteiger partial charge on any atom is -0.508 e. The normalized spacial score (nSPS) is 12.3. The average molecular weight is 197 g/mol. The van der Waals surface area contributed by atoms with Gasteiger partial charge in [-0.15, -0.1) is 0 Å². The molecule has 74 valence electrons. The number of rotatable bonds is 0. The summed E-state index contributed by atoms with van der Waals surface area (Å²) >= 11 is 0. The lowest BCUT2D eigenvalue weighted by Crippen LogP contribution is -1.88. The highest BCUT2D eigenvalue weighted by atomic mass is 16.3. The smallest absolute Gasteiger partial charge is 0.115 e. The van der Waals surface area contributed by atoms with E-state index in [4.69, 9.17) is 0 Å². The molecule has 3 rings (SSSR count). The first kappa shape index (κ1) is 8.48. The molecule has 0 atom stereocenters. The van der Waals surface area contributed by atoms with Crippen molar-refractivity contribution in [2.24, 2.45) is 0 Å². The number of pyridine rings is 1. The molecule has 0 unspecified atom stereocenters. The van der Waals surface area contributed by atoms with E-state index >= 15 is 0 Å². The molecule has 2 nitrogen and oxygen atoms in total. The lowest BCUT2D eigenvalue weighted by molar-refractivity contribution is 0.475. The highest BCUT2D eigenvalue weighted by Crippen LogP contribution is 2.38. The monoisotopic (exact) mass is 197 g/mol. The number of benzene rings is 1. The maximum Gasteiger partial charge on any atom is 0.115 e. The Bertz CT molecular complexity index is 546. The summed E-state index contributed by atoms with van der Waals surface area (Å²) in [5.41, 5.74) is 6.06. The minimum atomic E-state index is 0.340. The molecular weight excluding hydrogens is 186 g/mol. The van der Waals surface area contributed by atoms with Gasteiger partial charge in [-0.3, -0.25) is 4.98 Å². The van der Waals surface area contributed by atoms with Gasteiger partial charge in [0.2, 0.25) is 0 Å². The summed E-state index contributed by atoms with van der Waals surface area (Å²) < 4.78 is 0. The lowest BCUT2D eigenvalue weighted by Gasteiger charge is -2.01. The second-order valence-corrected chi connectivity index (χ2v) is 3.94. The lowest BCUT2D eigenvalue weighted by atomic mass is 10.1. The van der Waals surface area contributed by atoms with Gasteiger partial charge in [0.15, 0.2) is 0 Å². The molecule has 0 spiro atoms. The van der Waals surface area contributed by atoms with Crippen molar-refractivity contribution in [1.82, 2.24) is 4.98 Å². The van der Waals surface area contributed by atoms with E-state index in [1.54, 1.807) is 6.07 Å². The van der Waals surface area contributed by atoms with Crippen LogP contribution in [-0.2, 0) is 6.42 Å². The number of hydrogen-bond acceptors (Lipinski definition) is 2. The van der Waals surface area contributed by atoms with Crippen LogP contribution in [0.5, 0.6) is 5.75 Å². The van der Waals surface area contributed by atoms with Gasteiger partial charge in [-0.2, -0.15) is 0 Å². The third-order valence-corrected chi connectivity index (χ3v) is 3.02. The fourth-order valence-electron chi connectivity index (χ4n) is 2.25. The Balaban J connectivity index is 2.28. The molecule has 0 bridgehead atoms. The van der Waals surface area contributed by atoms with E-state index in [9.17, 15) is 5.11 Å². The summed E-state index contributed by atoms with van der Waals surface area (Å²) in [6.07, 6.45) is 2.73. The van der Waals surface area contributed by atoms with Crippen LogP contribution < -0.4 is 0 Å². The first-order valence-corrected chi connectivity index (χ1v) is 5.02. The first-order valence-electron chi connectivity index (χ1n) is 5.02. The number of aryl methyl sites for hydroxylation is 1. The summed E-state index contributed by atoms with van der Waals surface area (Å²) in [4.78, 5) is 4.29. The van der Waals surface area contributed by atoms with E-state index in [2.05, 4.69) is 4.98 Å². The number of phenols is 1. The van der Waals surface area contributed by atoms with Gasteiger partial charge < -0.3 is 5.11 Å². The SMILES string of the molecule is Cc1nccc2c1Cc1cc(O)ccc1-2. The zero-order chi connectivity index (χ0) is 10.4. The van der Waals surface area contributed by atoms with E-state index in [0.29, 0.717) is 5.75 Å². The second-order valence-electron chi connectivity index (χ2n) is 3.94. The molecule has 0 saturated heterocycles. The Morgan fingerprint density at radius 3 is 2.93 bits per heavy atom. The van der Waals surface area contributed by atoms with Crippen LogP contribution in [0.1, 0.15) is 16.8 Å². The van der Waals surface area contributed by atoms with E-state index in [1.165, 1.54) is 22.3 Å². The molecular formula is C13H11NO. The second kappa shape index (κ2) is 2.83. The molecule has 1 N–H and O–H groups in total. The van der Waals surface area contributed by atoms with Crippen LogP contribution in [0.15, 0.2) is 30.5 Å². The third kappa shape index (κ3) is 1.14. The molecule has 2 aromatic rings. The Morgan fingerprint density at radius 2 is 2.07 bits per heavy atom. The molecule has 0 radical (unpaired) electrons. The standard InChI is InChI=1S/C13H11NO/c1-8-13-7-9-6-10(15)2-3-11(9)12(13)4-5-14-8/h2-6,15H,7H2,1H3. The molecule has 2 heteroatoms. The van der Waals surface area contributed by atoms with Gasteiger partial charge in [0.25, 0.3) is 0 Å². The van der Waals surface area contributed by atoms with Gasteiger partial charge in [-0.1, -0.05) is 6.07 Å². The molecule has 15 heavy (non-hydrogen) atoms. The highest BCUT2D eigenvalue weighted by molar-refractivity contribution is 5.77. The van der Waals surface area contributed by atoms with E-state index in [0.717, 1.165) is 12.1 Å². The van der Waals surface area contributed by atoms with Crippen molar-refractivity contribution in [3.63, 3.8) is 0 Å². The summed E-state index contributed by atoms with van der Waals surface area (Å²) in [6, 6.07) is 7.61. The van der Waals surface area contributed by atoms with Crippen molar-refractivity contribution in [3.8, 4) is 16.9 Å². The summed E-state index contributed by atoms with van der Waals surface area (Å²) in [7, 11) is 0. The van der Waals surface area contributed by atoms with Crippen LogP contribution in [0, 0.1) is 6.92 Å². The summed E-state index contributed by atoms with van der Waals surface area (Å²) in [5, 5.41) is 9.43. The molecule has 0 fully saturated rings. The van der Waals surface area contributed by atoms with Crippen molar-refractivity contribution in [2.75, 3.05) is 0 Å². The Labute approximate surface area is 88.2 Å². The van der Waals surface area contributed by atoms with Gasteiger partial charge in [0.05, 0.1) is 0 Å². The minimum absolute atomic E-state index is 0.340. The summed E-state index contributed by atoms with van der Waals surface area (Å²) in [6.45, 7) is 2.03. The maximum atomic E-state index is 9.43. The van der Waals surface area contributed by atoms with Crippen molar-refractivity contribution < 1.29 is 5.11 Å². The van der Waals surface area contributed by atoms with E-state index in [-0.39, 0.29) is 0 Å². The zero-order valence-electron chi connectivity index (χ0n) is 8.49. The summed E-state index contributed by atoms with van der Waals surface area (Å²) in [5.74, 6) is 0.340. The number of hydrogen-bond donors (Lipinski definition) is 1. The van der Waals surface area contributed by atoms with Crippen LogP contribution >= 0.6 is 0 Å². The van der Waals surface area contributed by atoms with E-state index in [1.807, 2.05) is 31.3 Å². The fraction of sp³-hybridized carbons (Fsp3) is 0.154. The molecule has 0 aliphatic heterocycles. The van der Waals surface area contributed by atoms with Crippen LogP contribution in [0.4, 0.5) is 0 Å². The van der Waals surface area contributed by atoms with Gasteiger partial charge in [-0.25, -0.2) is 0 Å². The third-order valence-electron chi connectivity index (χ3n) is 3.02. The van der Waals surface area contributed by atoms with Gasteiger partial charge in [0, 0.05) is 18.3 Å². The molecule has 1 aromatic carbocycles. The molecule has 1 aliphatic rings. The number of phenolic OH excluding ortho intramolecular Hbond substituents is 1. The number of aromatic nitrogens is 1. The molecule has 1 aromatic heterocycles. The van der Waals surface area contributed by atoms with Crippen LogP contribution in [0.25, 0.3) is 11.1 Å². The van der Waals surface area contributed by atoms with Gasteiger partial charge >= 0.3 is 0 Å². The first-order chi connectivity index (χ1) is 7.25. The molecule has 1 heterocycles. The predicted octanol–water partition coefficient (Wildman–Crippen LogP) is 2.67. The van der Waals surface area contributed by atoms with Crippen LogP contribution in [0.3, 0.4) is 0 Å². The number of aromatic hydroxyl groups is 1. The molecule has 0 amide bonds. The number of fused-ring (bicyclic) bond motifs is 3. The Kier molecular flexibility index (Phi) is 1.60. The van der Waals surface area contributed by atoms with Crippen molar-refractivity contribution in [2.45, 2.75) is 13.3 Å². The van der Waals surface area contributed by atoms with Crippen LogP contribution in [-0.4, -0.2) is 10.1 Å². The Hall–Kier alpha value is -1.83. The van der Waals surface area contributed by atoms with Gasteiger partial charge in [-0.05, 0) is 47.4 Å². The predicted molar refractivity (Wildman–Crippen MR) is 58.9 cm³/mol. The van der Waals surface area contributed by atoms with Crippen molar-refractivity contribution >= 4 is 0 Å². The topological polar surface area (TPSA) is 33.1 Å².